The van der Waals surface area contributed by atoms with Gasteiger partial charge in [-0.25, -0.2) is 0 Å². The zero-order chi connectivity index (χ0) is 20.8. The van der Waals surface area contributed by atoms with Crippen LogP contribution < -0.4 is 20.1 Å². The molecule has 4 rings (SSSR count). The van der Waals surface area contributed by atoms with Crippen LogP contribution in [0.1, 0.15) is 31.2 Å². The maximum atomic E-state index is 12.5. The Morgan fingerprint density at radius 1 is 0.733 bits per heavy atom. The molecule has 2 amide bonds. The molecule has 0 radical (unpaired) electrons. The van der Waals surface area contributed by atoms with E-state index in [1.807, 2.05) is 36.4 Å². The van der Waals surface area contributed by atoms with Crippen LogP contribution in [0.3, 0.4) is 0 Å². The first kappa shape index (κ1) is 19.8. The minimum atomic E-state index is -0.454. The summed E-state index contributed by atoms with van der Waals surface area (Å²) in [5.41, 5.74) is 1.83. The van der Waals surface area contributed by atoms with E-state index in [-0.39, 0.29) is 5.70 Å². The first-order chi connectivity index (χ1) is 14.7. The Morgan fingerprint density at radius 3 is 2.13 bits per heavy atom. The molecule has 0 fully saturated rings. The first-order valence-electron chi connectivity index (χ1n) is 10.2. The molecule has 0 unspecified atom stereocenters. The summed E-state index contributed by atoms with van der Waals surface area (Å²) in [6, 6.07) is 14.6. The summed E-state index contributed by atoms with van der Waals surface area (Å²) in [6.07, 6.45) is 8.07. The number of anilines is 1. The molecule has 2 aromatic carbocycles. The van der Waals surface area contributed by atoms with E-state index in [4.69, 9.17) is 9.47 Å². The monoisotopic (exact) mass is 404 g/mol. The van der Waals surface area contributed by atoms with E-state index in [9.17, 15) is 9.59 Å². The maximum absolute atomic E-state index is 12.5. The lowest BCUT2D eigenvalue weighted by Crippen LogP contribution is -2.24. The molecule has 0 saturated carbocycles. The van der Waals surface area contributed by atoms with Crippen molar-refractivity contribution in [2.24, 2.45) is 0 Å². The number of fused-ring (bicyclic) bond motifs is 5. The largest absolute Gasteiger partial charge is 0.494 e. The van der Waals surface area contributed by atoms with E-state index >= 15 is 0 Å². The lowest BCUT2D eigenvalue weighted by Gasteiger charge is -2.11. The van der Waals surface area contributed by atoms with Crippen LogP contribution in [-0.4, -0.2) is 25.0 Å². The minimum Gasteiger partial charge on any atom is -0.494 e. The van der Waals surface area contributed by atoms with Crippen LogP contribution in [0.4, 0.5) is 5.69 Å². The average Bonchev–Trinajstić information content (AvgIpc) is 3.02. The molecule has 0 spiro atoms. The lowest BCUT2D eigenvalue weighted by atomic mass is 10.0. The molecule has 0 saturated heterocycles. The topological polar surface area (TPSA) is 76.7 Å². The third-order valence-corrected chi connectivity index (χ3v) is 4.89. The molecule has 2 aliphatic rings. The molecular formula is C24H24N2O4. The van der Waals surface area contributed by atoms with Gasteiger partial charge < -0.3 is 14.8 Å². The third-order valence-electron chi connectivity index (χ3n) is 4.89. The Hall–Kier alpha value is -3.54. The molecule has 6 nitrogen and oxygen atoms in total. The van der Waals surface area contributed by atoms with Gasteiger partial charge >= 0.3 is 0 Å². The Bertz CT molecular complexity index is 1010. The first-order valence-corrected chi connectivity index (χ1v) is 10.2. The molecule has 6 heteroatoms. The molecular weight excluding hydrogens is 380 g/mol. The van der Waals surface area contributed by atoms with E-state index in [0.29, 0.717) is 41.5 Å². The molecule has 2 aromatic rings. The van der Waals surface area contributed by atoms with Gasteiger partial charge in [0, 0.05) is 11.8 Å². The highest BCUT2D eigenvalue weighted by atomic mass is 16.5. The second kappa shape index (κ2) is 9.31. The van der Waals surface area contributed by atoms with Crippen molar-refractivity contribution in [1.82, 2.24) is 5.32 Å². The predicted octanol–water partition coefficient (Wildman–Crippen LogP) is 4.05. The minimum absolute atomic E-state index is 0.219. The Kier molecular flexibility index (Phi) is 6.13. The highest BCUT2D eigenvalue weighted by Crippen LogP contribution is 2.29. The molecule has 0 aliphatic carbocycles. The average molecular weight is 404 g/mol. The SMILES string of the molecule is O=C1NC(=O)C2=C1Nc1cccc(c1)OCCCC=CCCCOc1cccc2c1. The smallest absolute Gasteiger partial charge is 0.275 e. The summed E-state index contributed by atoms with van der Waals surface area (Å²) in [5.74, 6) is 0.501. The Morgan fingerprint density at radius 2 is 1.40 bits per heavy atom. The van der Waals surface area contributed by atoms with E-state index in [1.165, 1.54) is 0 Å². The highest BCUT2D eigenvalue weighted by molar-refractivity contribution is 6.36. The summed E-state index contributed by atoms with van der Waals surface area (Å²) in [7, 11) is 0. The number of carbonyl (C=O) groups is 2. The molecule has 0 aromatic heterocycles. The van der Waals surface area contributed by atoms with Crippen molar-refractivity contribution in [3.05, 3.63) is 71.9 Å². The fourth-order valence-electron chi connectivity index (χ4n) is 3.42. The number of nitrogens with one attached hydrogen (secondary N) is 2. The van der Waals surface area contributed by atoms with Crippen molar-refractivity contribution in [2.45, 2.75) is 25.7 Å². The quantitative estimate of drug-likeness (QED) is 0.512. The van der Waals surface area contributed by atoms with Gasteiger partial charge in [0.15, 0.2) is 0 Å². The zero-order valence-corrected chi connectivity index (χ0v) is 16.6. The fourth-order valence-corrected chi connectivity index (χ4v) is 3.42. The number of hydrogen-bond donors (Lipinski definition) is 2. The van der Waals surface area contributed by atoms with Crippen molar-refractivity contribution in [1.29, 1.82) is 0 Å². The van der Waals surface area contributed by atoms with Gasteiger partial charge in [-0.1, -0.05) is 30.4 Å². The van der Waals surface area contributed by atoms with Crippen molar-refractivity contribution in [3.63, 3.8) is 0 Å². The van der Waals surface area contributed by atoms with Crippen molar-refractivity contribution >= 4 is 23.1 Å². The van der Waals surface area contributed by atoms with Gasteiger partial charge in [0.25, 0.3) is 11.8 Å². The number of allylic oxidation sites excluding steroid dienone is 2. The number of ether oxygens (including phenoxy) is 2. The fraction of sp³-hybridized carbons (Fsp3) is 0.250. The number of amides is 2. The highest BCUT2D eigenvalue weighted by Gasteiger charge is 2.31. The second-order valence-electron chi connectivity index (χ2n) is 7.17. The van der Waals surface area contributed by atoms with E-state index in [0.717, 1.165) is 25.7 Å². The maximum Gasteiger partial charge on any atom is 0.275 e. The van der Waals surface area contributed by atoms with Crippen LogP contribution in [0.2, 0.25) is 0 Å². The molecule has 2 heterocycles. The number of benzene rings is 2. The van der Waals surface area contributed by atoms with Gasteiger partial charge in [-0.15, -0.1) is 0 Å². The predicted molar refractivity (Wildman–Crippen MR) is 115 cm³/mol. The van der Waals surface area contributed by atoms with Crippen LogP contribution >= 0.6 is 0 Å². The van der Waals surface area contributed by atoms with Gasteiger partial charge in [0.1, 0.15) is 17.2 Å². The van der Waals surface area contributed by atoms with Crippen molar-refractivity contribution in [3.8, 4) is 11.5 Å². The van der Waals surface area contributed by atoms with E-state index in [1.54, 1.807) is 12.1 Å². The van der Waals surface area contributed by atoms with Crippen LogP contribution in [0.5, 0.6) is 11.5 Å². The summed E-state index contributed by atoms with van der Waals surface area (Å²) < 4.78 is 11.7. The number of rotatable bonds is 0. The normalized spacial score (nSPS) is 17.5. The van der Waals surface area contributed by atoms with Crippen molar-refractivity contribution < 1.29 is 19.1 Å². The molecule has 154 valence electrons. The second-order valence-corrected chi connectivity index (χ2v) is 7.17. The summed E-state index contributed by atoms with van der Waals surface area (Å²) >= 11 is 0. The Balaban J connectivity index is 1.69. The van der Waals surface area contributed by atoms with E-state index < -0.39 is 11.8 Å². The van der Waals surface area contributed by atoms with Gasteiger partial charge in [0.05, 0.1) is 18.8 Å². The van der Waals surface area contributed by atoms with Gasteiger partial charge in [-0.3, -0.25) is 14.9 Å². The standard InChI is InChI=1S/C24H24N2O4/c27-23-21-17-9-7-11-19(15-17)29-13-5-3-1-2-4-6-14-30-20-12-8-10-18(16-20)25-22(21)24(28)26-23/h1-2,7-12,15-16,25H,3-6,13-14H2,(H,26,27,28). The zero-order valence-electron chi connectivity index (χ0n) is 16.6. The third kappa shape index (κ3) is 4.71. The number of hydrogen-bond acceptors (Lipinski definition) is 5. The van der Waals surface area contributed by atoms with Crippen LogP contribution in [0.15, 0.2) is 66.4 Å². The van der Waals surface area contributed by atoms with E-state index in [2.05, 4.69) is 22.8 Å². The summed E-state index contributed by atoms with van der Waals surface area (Å²) in [6.45, 7) is 1.19. The molecule has 0 atom stereocenters. The summed E-state index contributed by atoms with van der Waals surface area (Å²) in [5, 5.41) is 5.48. The Labute approximate surface area is 175 Å². The number of carbonyl (C=O) groups excluding carboxylic acids is 2. The van der Waals surface area contributed by atoms with Crippen molar-refractivity contribution in [2.75, 3.05) is 18.5 Å². The van der Waals surface area contributed by atoms with Crippen LogP contribution in [-0.2, 0) is 9.59 Å². The molecule has 30 heavy (non-hydrogen) atoms. The molecule has 2 aliphatic heterocycles. The van der Waals surface area contributed by atoms with Gasteiger partial charge in [-0.05, 0) is 55.5 Å². The van der Waals surface area contributed by atoms with Crippen LogP contribution in [0.25, 0.3) is 5.57 Å². The molecule has 2 N–H and O–H groups in total. The van der Waals surface area contributed by atoms with Gasteiger partial charge in [-0.2, -0.15) is 0 Å². The number of imide groups is 1. The lowest BCUT2D eigenvalue weighted by molar-refractivity contribution is -0.123. The molecule has 4 bridgehead atoms. The van der Waals surface area contributed by atoms with Crippen LogP contribution in [0, 0.1) is 0 Å². The summed E-state index contributed by atoms with van der Waals surface area (Å²) in [4.78, 5) is 25.0. The van der Waals surface area contributed by atoms with Gasteiger partial charge in [0.2, 0.25) is 0 Å².